The highest BCUT2D eigenvalue weighted by Gasteiger charge is 1.97. The van der Waals surface area contributed by atoms with Crippen LogP contribution in [-0.4, -0.2) is 20.6 Å². The average molecular weight is 160 g/mol. The highest BCUT2D eigenvalue weighted by atomic mass is 16.5. The summed E-state index contributed by atoms with van der Waals surface area (Å²) in [6.45, 7) is 0.555. The zero-order chi connectivity index (χ0) is 8.97. The summed E-state index contributed by atoms with van der Waals surface area (Å²) in [5, 5.41) is 0. The summed E-state index contributed by atoms with van der Waals surface area (Å²) in [5.41, 5.74) is 1.15. The molecule has 0 atom stereocenters. The second kappa shape index (κ2) is 4.07. The van der Waals surface area contributed by atoms with Gasteiger partial charge >= 0.3 is 0 Å². The molecule has 2 radical (unpaired) electrons. The lowest BCUT2D eigenvalue weighted by molar-refractivity contribution is 0.108. The minimum atomic E-state index is -0.404. The molecule has 0 aliphatic carbocycles. The van der Waals surface area contributed by atoms with Gasteiger partial charge in [0.15, 0.2) is 7.85 Å². The normalized spacial score (nSPS) is 9.75. The van der Waals surface area contributed by atoms with Crippen LogP contribution in [0.1, 0.15) is 15.9 Å². The second-order valence-electron chi connectivity index (χ2n) is 2.49. The maximum absolute atomic E-state index is 10.7. The van der Waals surface area contributed by atoms with Crippen molar-refractivity contribution in [2.45, 2.75) is 6.61 Å². The Labute approximate surface area is 73.0 Å². The number of ether oxygens (including phenoxy) is 1. The van der Waals surface area contributed by atoms with Crippen molar-refractivity contribution in [1.29, 1.82) is 0 Å². The van der Waals surface area contributed by atoms with Crippen molar-refractivity contribution in [3.8, 4) is 0 Å². The highest BCUT2D eigenvalue weighted by Crippen LogP contribution is 2.04. The summed E-state index contributed by atoms with van der Waals surface area (Å²) in [7, 11) is 6.69. The third kappa shape index (κ3) is 2.20. The van der Waals surface area contributed by atoms with Gasteiger partial charge in [-0.15, -0.1) is 0 Å². The van der Waals surface area contributed by atoms with Gasteiger partial charge in [0.25, 0.3) is 0 Å². The van der Waals surface area contributed by atoms with Crippen LogP contribution in [0.15, 0.2) is 24.3 Å². The van der Waals surface area contributed by atoms with Crippen LogP contribution in [0, 0.1) is 0 Å². The second-order valence-corrected chi connectivity index (χ2v) is 2.49. The molecule has 0 bridgehead atoms. The van der Waals surface area contributed by atoms with E-state index in [0.29, 0.717) is 12.2 Å². The Hall–Kier alpha value is -1.09. The largest absolute Gasteiger partial charge is 0.380 e. The Kier molecular flexibility index (Phi) is 3.05. The summed E-state index contributed by atoms with van der Waals surface area (Å²) < 4.78 is 4.91. The summed E-state index contributed by atoms with van der Waals surface area (Å²) in [5.74, 6) is 0. The van der Waals surface area contributed by atoms with Crippen LogP contribution >= 0.6 is 0 Å². The van der Waals surface area contributed by atoms with E-state index in [1.165, 1.54) is 0 Å². The van der Waals surface area contributed by atoms with Crippen LogP contribution < -0.4 is 0 Å². The standard InChI is InChI=1S/C9H9BO2/c1-12-6-7-2-4-8(5-3-7)9(10)11/h2-5H,6H2,1H3. The van der Waals surface area contributed by atoms with E-state index in [1.54, 1.807) is 19.2 Å². The number of carbonyl (C=O) groups excluding carboxylic acids is 1. The molecule has 0 aromatic heterocycles. The van der Waals surface area contributed by atoms with E-state index >= 15 is 0 Å². The highest BCUT2D eigenvalue weighted by molar-refractivity contribution is 6.62. The van der Waals surface area contributed by atoms with Gasteiger partial charge in [0.05, 0.1) is 6.61 Å². The molecule has 1 aromatic carbocycles. The molecule has 60 valence electrons. The number of carbonyl (C=O) groups is 1. The minimum absolute atomic E-state index is 0.404. The molecule has 0 aliphatic rings. The van der Waals surface area contributed by atoms with Crippen LogP contribution in [0.2, 0.25) is 0 Å². The first-order chi connectivity index (χ1) is 5.74. The molecule has 0 heterocycles. The van der Waals surface area contributed by atoms with Gasteiger partial charge in [-0.2, -0.15) is 0 Å². The summed E-state index contributed by atoms with van der Waals surface area (Å²) in [4.78, 5) is 10.7. The number of hydrogen-bond acceptors (Lipinski definition) is 2. The molecule has 0 fully saturated rings. The Bertz CT molecular complexity index is 266. The Morgan fingerprint density at radius 3 is 2.42 bits per heavy atom. The lowest BCUT2D eigenvalue weighted by atomic mass is 9.94. The first kappa shape index (κ1) is 9.01. The summed E-state index contributed by atoms with van der Waals surface area (Å²) in [6.07, 6.45) is 0. The maximum Gasteiger partial charge on any atom is 0.175 e. The molecular formula is C9H9BO2. The lowest BCUT2D eigenvalue weighted by Crippen LogP contribution is -1.97. The van der Waals surface area contributed by atoms with Gasteiger partial charge in [-0.25, -0.2) is 0 Å². The lowest BCUT2D eigenvalue weighted by Gasteiger charge is -1.99. The van der Waals surface area contributed by atoms with Crippen molar-refractivity contribution in [2.24, 2.45) is 0 Å². The van der Waals surface area contributed by atoms with Crippen LogP contribution in [0.5, 0.6) is 0 Å². The average Bonchev–Trinajstić information content (AvgIpc) is 2.06. The maximum atomic E-state index is 10.7. The first-order valence-electron chi connectivity index (χ1n) is 3.61. The van der Waals surface area contributed by atoms with E-state index < -0.39 is 5.68 Å². The van der Waals surface area contributed by atoms with Gasteiger partial charge in [-0.05, 0) is 5.56 Å². The molecule has 1 aromatic rings. The van der Waals surface area contributed by atoms with Crippen molar-refractivity contribution in [3.63, 3.8) is 0 Å². The van der Waals surface area contributed by atoms with Crippen LogP contribution in [0.4, 0.5) is 0 Å². The van der Waals surface area contributed by atoms with Gasteiger partial charge in [0.2, 0.25) is 0 Å². The molecule has 0 saturated heterocycles. The van der Waals surface area contributed by atoms with Gasteiger partial charge < -0.3 is 9.53 Å². The molecule has 0 spiro atoms. The van der Waals surface area contributed by atoms with Crippen LogP contribution in [0.25, 0.3) is 0 Å². The number of methoxy groups -OCH3 is 1. The van der Waals surface area contributed by atoms with Crippen LogP contribution in [0.3, 0.4) is 0 Å². The predicted octanol–water partition coefficient (Wildman–Crippen LogP) is 1.14. The van der Waals surface area contributed by atoms with E-state index in [-0.39, 0.29) is 0 Å². The fraction of sp³-hybridized carbons (Fsp3) is 0.222. The third-order valence-corrected chi connectivity index (χ3v) is 1.55. The van der Waals surface area contributed by atoms with Crippen molar-refractivity contribution < 1.29 is 9.53 Å². The molecule has 3 heteroatoms. The molecular weight excluding hydrogens is 151 g/mol. The van der Waals surface area contributed by atoms with E-state index in [0.717, 1.165) is 5.56 Å². The van der Waals surface area contributed by atoms with Crippen molar-refractivity contribution >= 4 is 13.5 Å². The molecule has 12 heavy (non-hydrogen) atoms. The fourth-order valence-electron chi connectivity index (χ4n) is 0.932. The van der Waals surface area contributed by atoms with Crippen molar-refractivity contribution in [3.05, 3.63) is 35.4 Å². The minimum Gasteiger partial charge on any atom is -0.380 e. The quantitative estimate of drug-likeness (QED) is 0.619. The Morgan fingerprint density at radius 1 is 1.42 bits per heavy atom. The molecule has 0 aliphatic heterocycles. The summed E-state index contributed by atoms with van der Waals surface area (Å²) in [6, 6.07) is 7.03. The number of rotatable bonds is 3. The Balaban J connectivity index is 2.78. The topological polar surface area (TPSA) is 26.3 Å². The third-order valence-electron chi connectivity index (χ3n) is 1.55. The predicted molar refractivity (Wildman–Crippen MR) is 47.2 cm³/mol. The van der Waals surface area contributed by atoms with Gasteiger partial charge in [0, 0.05) is 12.7 Å². The number of benzene rings is 1. The molecule has 1 rings (SSSR count). The Morgan fingerprint density at radius 2 is 2.00 bits per heavy atom. The van der Waals surface area contributed by atoms with Crippen LogP contribution in [-0.2, 0) is 11.3 Å². The van der Waals surface area contributed by atoms with Crippen molar-refractivity contribution in [2.75, 3.05) is 7.11 Å². The van der Waals surface area contributed by atoms with E-state index in [1.807, 2.05) is 12.1 Å². The van der Waals surface area contributed by atoms with Crippen molar-refractivity contribution in [1.82, 2.24) is 0 Å². The fourth-order valence-corrected chi connectivity index (χ4v) is 0.932. The zero-order valence-electron chi connectivity index (χ0n) is 6.91. The van der Waals surface area contributed by atoms with E-state index in [4.69, 9.17) is 12.6 Å². The van der Waals surface area contributed by atoms with E-state index in [2.05, 4.69) is 0 Å². The SMILES string of the molecule is [B]C(=O)c1ccc(COC)cc1. The molecule has 0 unspecified atom stereocenters. The smallest absolute Gasteiger partial charge is 0.175 e. The number of hydrogen-bond donors (Lipinski definition) is 0. The monoisotopic (exact) mass is 160 g/mol. The first-order valence-corrected chi connectivity index (χ1v) is 3.61. The summed E-state index contributed by atoms with van der Waals surface area (Å²) >= 11 is 0. The molecule has 0 saturated carbocycles. The molecule has 0 N–H and O–H groups in total. The zero-order valence-corrected chi connectivity index (χ0v) is 6.91. The molecule has 0 amide bonds. The van der Waals surface area contributed by atoms with Gasteiger partial charge in [-0.3, -0.25) is 0 Å². The molecule has 2 nitrogen and oxygen atoms in total. The van der Waals surface area contributed by atoms with Gasteiger partial charge in [-0.1, -0.05) is 24.3 Å². The van der Waals surface area contributed by atoms with E-state index in [9.17, 15) is 4.79 Å². The van der Waals surface area contributed by atoms with Gasteiger partial charge in [0.1, 0.15) is 5.68 Å².